The Morgan fingerprint density at radius 3 is 2.73 bits per heavy atom. The van der Waals surface area contributed by atoms with Crippen LogP contribution in [0.15, 0.2) is 0 Å². The lowest BCUT2D eigenvalue weighted by atomic mass is 9.90. The van der Waals surface area contributed by atoms with E-state index in [4.69, 9.17) is 16.9 Å². The Morgan fingerprint density at radius 2 is 2.27 bits per heavy atom. The number of nitrogens with one attached hydrogen (secondary N) is 1. The van der Waals surface area contributed by atoms with Gasteiger partial charge in [0.1, 0.15) is 10.9 Å². The molecule has 82 valence electrons. The predicted molar refractivity (Wildman–Crippen MR) is 64.4 cm³/mol. The van der Waals surface area contributed by atoms with Gasteiger partial charge in [0, 0.05) is 6.54 Å². The minimum absolute atomic E-state index is 0.227. The quantitative estimate of drug-likeness (QED) is 0.880. The minimum atomic E-state index is 0.227. The van der Waals surface area contributed by atoms with E-state index < -0.39 is 0 Å². The molecule has 0 unspecified atom stereocenters. The summed E-state index contributed by atoms with van der Waals surface area (Å²) in [6.45, 7) is 7.34. The molecular formula is C10H14ClN3S. The van der Waals surface area contributed by atoms with E-state index in [0.29, 0.717) is 10.0 Å². The van der Waals surface area contributed by atoms with Crippen LogP contribution in [-0.2, 0) is 0 Å². The van der Waals surface area contributed by atoms with E-state index >= 15 is 0 Å². The summed E-state index contributed by atoms with van der Waals surface area (Å²) in [6, 6.07) is 2.01. The van der Waals surface area contributed by atoms with Gasteiger partial charge in [0.05, 0.1) is 0 Å². The van der Waals surface area contributed by atoms with Crippen LogP contribution in [0.3, 0.4) is 0 Å². The zero-order chi connectivity index (χ0) is 11.5. The van der Waals surface area contributed by atoms with Gasteiger partial charge in [-0.2, -0.15) is 5.26 Å². The Labute approximate surface area is 99.1 Å². The van der Waals surface area contributed by atoms with Crippen molar-refractivity contribution in [3.05, 3.63) is 10.0 Å². The second-order valence-electron chi connectivity index (χ2n) is 4.12. The van der Waals surface area contributed by atoms with Crippen molar-refractivity contribution in [3.63, 3.8) is 0 Å². The smallest absolute Gasteiger partial charge is 0.185 e. The molecule has 3 nitrogen and oxygen atoms in total. The van der Waals surface area contributed by atoms with Crippen LogP contribution in [0.2, 0.25) is 5.15 Å². The van der Waals surface area contributed by atoms with Crippen LogP contribution in [0, 0.1) is 16.7 Å². The number of nitrogens with zero attached hydrogens (tertiary/aromatic N) is 2. The van der Waals surface area contributed by atoms with E-state index in [1.165, 1.54) is 11.3 Å². The van der Waals surface area contributed by atoms with Gasteiger partial charge in [-0.05, 0) is 11.8 Å². The van der Waals surface area contributed by atoms with Crippen molar-refractivity contribution < 1.29 is 0 Å². The van der Waals surface area contributed by atoms with Gasteiger partial charge in [-0.1, -0.05) is 43.7 Å². The van der Waals surface area contributed by atoms with Gasteiger partial charge in [-0.3, -0.25) is 0 Å². The fourth-order valence-corrected chi connectivity index (χ4v) is 1.83. The molecule has 0 aliphatic carbocycles. The second-order valence-corrected chi connectivity index (χ2v) is 5.48. The summed E-state index contributed by atoms with van der Waals surface area (Å²) >= 11 is 7.06. The Bertz CT molecular complexity index is 379. The molecule has 1 aromatic rings. The Hall–Kier alpha value is -0.790. The topological polar surface area (TPSA) is 48.7 Å². The highest BCUT2D eigenvalue weighted by Crippen LogP contribution is 2.27. The molecule has 0 aromatic carbocycles. The molecule has 0 fully saturated rings. The van der Waals surface area contributed by atoms with Crippen LogP contribution in [-0.4, -0.2) is 11.5 Å². The van der Waals surface area contributed by atoms with Crippen LogP contribution < -0.4 is 5.32 Å². The summed E-state index contributed by atoms with van der Waals surface area (Å²) < 4.78 is 0. The van der Waals surface area contributed by atoms with Crippen LogP contribution in [0.4, 0.5) is 5.13 Å². The SMILES string of the molecule is CCC(C)(C)CNc1nc(Cl)c(C#N)s1. The third kappa shape index (κ3) is 3.37. The maximum Gasteiger partial charge on any atom is 0.185 e. The molecular weight excluding hydrogens is 230 g/mol. The average molecular weight is 244 g/mol. The highest BCUT2D eigenvalue weighted by Gasteiger charge is 2.16. The molecule has 0 saturated heterocycles. The number of nitriles is 1. The molecule has 0 bridgehead atoms. The lowest BCUT2D eigenvalue weighted by Crippen LogP contribution is -2.21. The van der Waals surface area contributed by atoms with E-state index in [0.717, 1.165) is 18.1 Å². The summed E-state index contributed by atoms with van der Waals surface area (Å²) in [5.41, 5.74) is 0.227. The second kappa shape index (κ2) is 4.82. The zero-order valence-electron chi connectivity index (χ0n) is 9.09. The Balaban J connectivity index is 2.63. The van der Waals surface area contributed by atoms with Crippen molar-refractivity contribution in [1.82, 2.24) is 4.98 Å². The van der Waals surface area contributed by atoms with Crippen LogP contribution >= 0.6 is 22.9 Å². The van der Waals surface area contributed by atoms with Crippen molar-refractivity contribution in [2.24, 2.45) is 5.41 Å². The number of hydrogen-bond donors (Lipinski definition) is 1. The monoisotopic (exact) mass is 243 g/mol. The van der Waals surface area contributed by atoms with Crippen LogP contribution in [0.5, 0.6) is 0 Å². The lowest BCUT2D eigenvalue weighted by molar-refractivity contribution is 0.377. The summed E-state index contributed by atoms with van der Waals surface area (Å²) in [6.07, 6.45) is 1.09. The first-order valence-corrected chi connectivity index (χ1v) is 5.98. The number of rotatable bonds is 4. The molecule has 0 atom stereocenters. The fourth-order valence-electron chi connectivity index (χ4n) is 0.886. The molecule has 1 N–H and O–H groups in total. The maximum atomic E-state index is 8.71. The van der Waals surface area contributed by atoms with E-state index in [1.807, 2.05) is 6.07 Å². The molecule has 1 heterocycles. The molecule has 0 amide bonds. The molecule has 0 aliphatic heterocycles. The van der Waals surface area contributed by atoms with Gasteiger partial charge in [-0.25, -0.2) is 4.98 Å². The predicted octanol–water partition coefficient (Wildman–Crippen LogP) is 3.52. The third-order valence-electron chi connectivity index (χ3n) is 2.36. The third-order valence-corrected chi connectivity index (χ3v) is 3.67. The highest BCUT2D eigenvalue weighted by molar-refractivity contribution is 7.16. The molecule has 0 aliphatic rings. The molecule has 15 heavy (non-hydrogen) atoms. The number of anilines is 1. The first kappa shape index (κ1) is 12.3. The molecule has 1 rings (SSSR count). The fraction of sp³-hybridized carbons (Fsp3) is 0.600. The number of hydrogen-bond acceptors (Lipinski definition) is 4. The van der Waals surface area contributed by atoms with Crippen molar-refractivity contribution in [2.45, 2.75) is 27.2 Å². The van der Waals surface area contributed by atoms with E-state index in [-0.39, 0.29) is 5.41 Å². The molecule has 5 heteroatoms. The lowest BCUT2D eigenvalue weighted by Gasteiger charge is -2.22. The van der Waals surface area contributed by atoms with Gasteiger partial charge in [0.15, 0.2) is 10.3 Å². The molecule has 0 spiro atoms. The number of thiazole rings is 1. The van der Waals surface area contributed by atoms with E-state index in [1.54, 1.807) is 0 Å². The van der Waals surface area contributed by atoms with Crippen molar-refractivity contribution in [3.8, 4) is 6.07 Å². The van der Waals surface area contributed by atoms with Gasteiger partial charge in [-0.15, -0.1) is 0 Å². The zero-order valence-corrected chi connectivity index (χ0v) is 10.7. The Morgan fingerprint density at radius 1 is 1.60 bits per heavy atom. The van der Waals surface area contributed by atoms with Crippen molar-refractivity contribution in [1.29, 1.82) is 5.26 Å². The summed E-state index contributed by atoms with van der Waals surface area (Å²) in [4.78, 5) is 4.54. The number of halogens is 1. The average Bonchev–Trinajstić information content (AvgIpc) is 2.56. The molecule has 0 saturated carbocycles. The van der Waals surface area contributed by atoms with Gasteiger partial charge >= 0.3 is 0 Å². The standard InChI is InChI=1S/C10H14ClN3S/c1-4-10(2,3)6-13-9-14-8(11)7(5-12)15-9/h4,6H2,1-3H3,(H,13,14). The van der Waals surface area contributed by atoms with Gasteiger partial charge in [0.25, 0.3) is 0 Å². The number of aromatic nitrogens is 1. The highest BCUT2D eigenvalue weighted by atomic mass is 35.5. The van der Waals surface area contributed by atoms with Gasteiger partial charge in [0.2, 0.25) is 0 Å². The van der Waals surface area contributed by atoms with E-state index in [2.05, 4.69) is 31.1 Å². The van der Waals surface area contributed by atoms with Crippen molar-refractivity contribution >= 4 is 28.1 Å². The summed E-state index contributed by atoms with van der Waals surface area (Å²) in [5.74, 6) is 0. The van der Waals surface area contributed by atoms with Crippen LogP contribution in [0.25, 0.3) is 0 Å². The van der Waals surface area contributed by atoms with Crippen LogP contribution in [0.1, 0.15) is 32.1 Å². The summed E-state index contributed by atoms with van der Waals surface area (Å²) in [7, 11) is 0. The minimum Gasteiger partial charge on any atom is -0.361 e. The Kier molecular flexibility index (Phi) is 3.95. The summed E-state index contributed by atoms with van der Waals surface area (Å²) in [5, 5.41) is 12.9. The van der Waals surface area contributed by atoms with Crippen molar-refractivity contribution in [2.75, 3.05) is 11.9 Å². The first-order valence-electron chi connectivity index (χ1n) is 4.79. The van der Waals surface area contributed by atoms with Gasteiger partial charge < -0.3 is 5.32 Å². The van der Waals surface area contributed by atoms with E-state index in [9.17, 15) is 0 Å². The molecule has 0 radical (unpaired) electrons. The molecule has 1 aromatic heterocycles. The first-order chi connectivity index (χ1) is 6.98. The maximum absolute atomic E-state index is 8.71. The normalized spacial score (nSPS) is 11.1. The largest absolute Gasteiger partial charge is 0.361 e.